The molecule has 0 unspecified atom stereocenters. The highest BCUT2D eigenvalue weighted by atomic mass is 16.5. The third kappa shape index (κ3) is 6.74. The largest absolute Gasteiger partial charge is 0.487 e. The van der Waals surface area contributed by atoms with Crippen LogP contribution in [0.4, 0.5) is 21.0 Å². The van der Waals surface area contributed by atoms with Gasteiger partial charge in [-0.25, -0.2) is 9.59 Å². The van der Waals surface area contributed by atoms with Gasteiger partial charge in [-0.05, 0) is 52.8 Å². The van der Waals surface area contributed by atoms with Crippen LogP contribution < -0.4 is 20.7 Å². The molecule has 3 atom stereocenters. The summed E-state index contributed by atoms with van der Waals surface area (Å²) in [5.41, 5.74) is 1.78. The Morgan fingerprint density at radius 1 is 1.24 bits per heavy atom. The molecule has 2 aromatic rings. The second kappa shape index (κ2) is 12.2. The Balaban J connectivity index is 1.87. The molecule has 1 aliphatic heterocycles. The first kappa shape index (κ1) is 28.8. The molecule has 1 aromatic carbocycles. The van der Waals surface area contributed by atoms with Crippen LogP contribution in [0, 0.1) is 19.8 Å². The third-order valence-corrected chi connectivity index (χ3v) is 6.41. The Kier molecular flexibility index (Phi) is 9.21. The molecule has 0 radical (unpaired) electrons. The number of anilines is 2. The van der Waals surface area contributed by atoms with Crippen molar-refractivity contribution in [2.75, 3.05) is 37.4 Å². The molecule has 0 bridgehead atoms. The van der Waals surface area contributed by atoms with Gasteiger partial charge in [0.25, 0.3) is 5.91 Å². The van der Waals surface area contributed by atoms with Crippen LogP contribution >= 0.6 is 0 Å². The summed E-state index contributed by atoms with van der Waals surface area (Å²) in [6, 6.07) is 3.60. The maximum atomic E-state index is 13.5. The van der Waals surface area contributed by atoms with Gasteiger partial charge in [0.1, 0.15) is 23.2 Å². The molecule has 12 nitrogen and oxygen atoms in total. The fourth-order valence-electron chi connectivity index (χ4n) is 4.16. The van der Waals surface area contributed by atoms with Gasteiger partial charge in [-0.1, -0.05) is 12.1 Å². The van der Waals surface area contributed by atoms with Crippen LogP contribution in [-0.4, -0.2) is 83.0 Å². The Labute approximate surface area is 222 Å². The number of hydrogen-bond donors (Lipinski definition) is 4. The maximum Gasteiger partial charge on any atom is 0.321 e. The number of aliphatic hydroxyl groups excluding tert-OH is 1. The molecule has 1 aliphatic rings. The summed E-state index contributed by atoms with van der Waals surface area (Å²) in [5.74, 6) is 0.345. The number of benzene rings is 1. The number of rotatable bonds is 7. The van der Waals surface area contributed by atoms with Crippen molar-refractivity contribution in [2.45, 2.75) is 59.7 Å². The van der Waals surface area contributed by atoms with E-state index in [0.717, 1.165) is 0 Å². The standard InChI is InChI=1S/C26H38N6O6/c1-14(2)27-25(35)28-19-8-9-21-20(10-19)24(34)32(16(4)13-33)11-15(3)22(37-21)12-31(7)26(36)29-23-17(5)30-38-18(23)6/h8-10,14-16,22,33H,11-13H2,1-7H3,(H,29,36)(H2,27,28,35)/t15-,16-,22+/m0/s1. The second-order valence-corrected chi connectivity index (χ2v) is 10.1. The number of ether oxygens (including phenoxy) is 1. The molecule has 2 heterocycles. The average molecular weight is 531 g/mol. The molecule has 5 amide bonds. The number of nitrogens with one attached hydrogen (secondary N) is 3. The molecular weight excluding hydrogens is 492 g/mol. The number of amides is 5. The Hall–Kier alpha value is -3.80. The molecule has 0 saturated carbocycles. The lowest BCUT2D eigenvalue weighted by Gasteiger charge is -2.38. The minimum Gasteiger partial charge on any atom is -0.487 e. The number of nitrogens with zero attached hydrogens (tertiary/aromatic N) is 3. The first-order valence-electron chi connectivity index (χ1n) is 12.7. The van der Waals surface area contributed by atoms with Gasteiger partial charge in [0.05, 0.1) is 24.8 Å². The number of urea groups is 2. The van der Waals surface area contributed by atoms with Crippen molar-refractivity contribution in [3.05, 3.63) is 35.2 Å². The van der Waals surface area contributed by atoms with E-state index in [4.69, 9.17) is 9.26 Å². The van der Waals surface area contributed by atoms with Gasteiger partial charge < -0.3 is 40.1 Å². The van der Waals surface area contributed by atoms with Crippen molar-refractivity contribution < 1.29 is 28.8 Å². The number of carbonyl (C=O) groups is 3. The summed E-state index contributed by atoms with van der Waals surface area (Å²) in [6.45, 7) is 11.2. The van der Waals surface area contributed by atoms with Crippen molar-refractivity contribution in [2.24, 2.45) is 5.92 Å². The topological polar surface area (TPSA) is 149 Å². The maximum absolute atomic E-state index is 13.5. The summed E-state index contributed by atoms with van der Waals surface area (Å²) in [7, 11) is 1.66. The summed E-state index contributed by atoms with van der Waals surface area (Å²) in [5, 5.41) is 22.0. The Morgan fingerprint density at radius 3 is 2.55 bits per heavy atom. The summed E-state index contributed by atoms with van der Waals surface area (Å²) in [4.78, 5) is 41.8. The van der Waals surface area contributed by atoms with Gasteiger partial charge in [0, 0.05) is 31.2 Å². The molecule has 4 N–H and O–H groups in total. The first-order chi connectivity index (χ1) is 17.9. The predicted molar refractivity (Wildman–Crippen MR) is 143 cm³/mol. The van der Waals surface area contributed by atoms with Crippen molar-refractivity contribution in [1.29, 1.82) is 0 Å². The van der Waals surface area contributed by atoms with Crippen LogP contribution in [0.1, 0.15) is 49.5 Å². The summed E-state index contributed by atoms with van der Waals surface area (Å²) in [6.07, 6.45) is -0.473. The molecule has 12 heteroatoms. The van der Waals surface area contributed by atoms with E-state index in [-0.39, 0.29) is 42.6 Å². The normalized spacial score (nSPS) is 18.1. The number of carbonyl (C=O) groups excluding carboxylic acids is 3. The third-order valence-electron chi connectivity index (χ3n) is 6.41. The monoisotopic (exact) mass is 530 g/mol. The van der Waals surface area contributed by atoms with E-state index in [1.165, 1.54) is 4.90 Å². The molecule has 0 saturated heterocycles. The molecule has 0 spiro atoms. The number of likely N-dealkylation sites (N-methyl/N-ethyl adjacent to an activating group) is 1. The lowest BCUT2D eigenvalue weighted by Crippen LogP contribution is -2.50. The van der Waals surface area contributed by atoms with Crippen molar-refractivity contribution in [1.82, 2.24) is 20.3 Å². The zero-order chi connectivity index (χ0) is 28.1. The Morgan fingerprint density at radius 2 is 1.95 bits per heavy atom. The SMILES string of the molecule is Cc1noc(C)c1NC(=O)N(C)C[C@H]1Oc2ccc(NC(=O)NC(C)C)cc2C(=O)N([C@@H](C)CO)C[C@@H]1C. The van der Waals surface area contributed by atoms with E-state index in [1.54, 1.807) is 50.9 Å². The number of aliphatic hydroxyl groups is 1. The summed E-state index contributed by atoms with van der Waals surface area (Å²) < 4.78 is 11.4. The lowest BCUT2D eigenvalue weighted by molar-refractivity contribution is 0.0371. The van der Waals surface area contributed by atoms with Crippen LogP contribution in [-0.2, 0) is 0 Å². The zero-order valence-corrected chi connectivity index (χ0v) is 23.0. The van der Waals surface area contributed by atoms with Crippen LogP contribution in [0.5, 0.6) is 5.75 Å². The van der Waals surface area contributed by atoms with Gasteiger partial charge in [-0.15, -0.1) is 0 Å². The summed E-state index contributed by atoms with van der Waals surface area (Å²) >= 11 is 0. The highest BCUT2D eigenvalue weighted by molar-refractivity contribution is 5.99. The van der Waals surface area contributed by atoms with Gasteiger partial charge in [0.15, 0.2) is 5.76 Å². The first-order valence-corrected chi connectivity index (χ1v) is 12.7. The molecule has 0 fully saturated rings. The van der Waals surface area contributed by atoms with E-state index in [2.05, 4.69) is 21.1 Å². The average Bonchev–Trinajstić information content (AvgIpc) is 3.17. The number of fused-ring (bicyclic) bond motifs is 1. The van der Waals surface area contributed by atoms with Gasteiger partial charge in [0.2, 0.25) is 0 Å². The smallest absolute Gasteiger partial charge is 0.321 e. The molecule has 3 rings (SSSR count). The molecular formula is C26H38N6O6. The van der Waals surface area contributed by atoms with E-state index in [0.29, 0.717) is 35.1 Å². The zero-order valence-electron chi connectivity index (χ0n) is 23.0. The highest BCUT2D eigenvalue weighted by Gasteiger charge is 2.34. The van der Waals surface area contributed by atoms with Crippen molar-refractivity contribution >= 4 is 29.3 Å². The fourth-order valence-corrected chi connectivity index (χ4v) is 4.16. The van der Waals surface area contributed by atoms with Gasteiger partial charge in [-0.2, -0.15) is 0 Å². The van der Waals surface area contributed by atoms with Crippen LogP contribution in [0.2, 0.25) is 0 Å². The second-order valence-electron chi connectivity index (χ2n) is 10.1. The molecule has 1 aromatic heterocycles. The van der Waals surface area contributed by atoms with E-state index in [1.807, 2.05) is 20.8 Å². The number of aromatic nitrogens is 1. The molecule has 38 heavy (non-hydrogen) atoms. The van der Waals surface area contributed by atoms with Crippen LogP contribution in [0.25, 0.3) is 0 Å². The van der Waals surface area contributed by atoms with Gasteiger partial charge >= 0.3 is 12.1 Å². The minimum atomic E-state index is -0.473. The minimum absolute atomic E-state index is 0.0563. The number of hydrogen-bond acceptors (Lipinski definition) is 7. The molecule has 208 valence electrons. The molecule has 0 aliphatic carbocycles. The van der Waals surface area contributed by atoms with Crippen LogP contribution in [0.15, 0.2) is 22.7 Å². The fraction of sp³-hybridized carbons (Fsp3) is 0.538. The van der Waals surface area contributed by atoms with Gasteiger partial charge in [-0.3, -0.25) is 4.79 Å². The quantitative estimate of drug-likeness (QED) is 0.429. The lowest BCUT2D eigenvalue weighted by atomic mass is 9.99. The van der Waals surface area contributed by atoms with Crippen molar-refractivity contribution in [3.8, 4) is 5.75 Å². The predicted octanol–water partition coefficient (Wildman–Crippen LogP) is 3.21. The highest BCUT2D eigenvalue weighted by Crippen LogP contribution is 2.31. The Bertz CT molecular complexity index is 1150. The van der Waals surface area contributed by atoms with Crippen molar-refractivity contribution in [3.63, 3.8) is 0 Å². The van der Waals surface area contributed by atoms with Crippen LogP contribution in [0.3, 0.4) is 0 Å². The number of aryl methyl sites for hydroxylation is 2. The van der Waals surface area contributed by atoms with E-state index < -0.39 is 18.2 Å². The van der Waals surface area contributed by atoms with E-state index in [9.17, 15) is 19.5 Å². The van der Waals surface area contributed by atoms with E-state index >= 15 is 0 Å².